The second-order valence-corrected chi connectivity index (χ2v) is 4.75. The van der Waals surface area contributed by atoms with Crippen molar-refractivity contribution in [2.75, 3.05) is 27.2 Å². The zero-order chi connectivity index (χ0) is 15.3. The number of carbonyl (C=O) groups is 4. The fourth-order valence-corrected chi connectivity index (χ4v) is 1.85. The fraction of sp³-hybridized carbons (Fsp3) is 0.667. The Labute approximate surface area is 117 Å². The van der Waals surface area contributed by atoms with E-state index < -0.39 is 23.8 Å². The Morgan fingerprint density at radius 1 is 1.35 bits per heavy atom. The third kappa shape index (κ3) is 3.69. The molecular weight excluding hydrogens is 264 g/mol. The molecule has 20 heavy (non-hydrogen) atoms. The van der Waals surface area contributed by atoms with Crippen LogP contribution in [0.1, 0.15) is 19.8 Å². The summed E-state index contributed by atoms with van der Waals surface area (Å²) >= 11 is 0. The monoisotopic (exact) mass is 284 g/mol. The van der Waals surface area contributed by atoms with Gasteiger partial charge in [0, 0.05) is 27.2 Å². The molecule has 1 fully saturated rings. The van der Waals surface area contributed by atoms with Crippen molar-refractivity contribution in [3.05, 3.63) is 0 Å². The number of nitrogens with one attached hydrogen (secondary N) is 2. The summed E-state index contributed by atoms with van der Waals surface area (Å²) in [5.41, 5.74) is 0. The van der Waals surface area contributed by atoms with Crippen molar-refractivity contribution >= 4 is 23.9 Å². The molecule has 1 aliphatic rings. The first kappa shape index (κ1) is 15.9. The zero-order valence-corrected chi connectivity index (χ0v) is 11.9. The smallest absolute Gasteiger partial charge is 0.330 e. The van der Waals surface area contributed by atoms with Gasteiger partial charge in [-0.15, -0.1) is 0 Å². The van der Waals surface area contributed by atoms with Crippen molar-refractivity contribution in [3.8, 4) is 0 Å². The van der Waals surface area contributed by atoms with Gasteiger partial charge in [0.2, 0.25) is 11.8 Å². The van der Waals surface area contributed by atoms with Crippen LogP contribution in [0.2, 0.25) is 0 Å². The van der Waals surface area contributed by atoms with Crippen molar-refractivity contribution in [2.24, 2.45) is 5.92 Å². The summed E-state index contributed by atoms with van der Waals surface area (Å²) in [6.07, 6.45) is 1.07. The summed E-state index contributed by atoms with van der Waals surface area (Å²) in [5.74, 6) is -1.86. The maximum Gasteiger partial charge on any atom is 0.330 e. The Morgan fingerprint density at radius 3 is 2.55 bits per heavy atom. The normalized spacial score (nSPS) is 18.9. The van der Waals surface area contributed by atoms with Gasteiger partial charge in [0.1, 0.15) is 5.92 Å². The Hall–Kier alpha value is -2.12. The Kier molecular flexibility index (Phi) is 5.48. The van der Waals surface area contributed by atoms with E-state index in [4.69, 9.17) is 0 Å². The summed E-state index contributed by atoms with van der Waals surface area (Å²) in [5, 5.41) is 4.72. The van der Waals surface area contributed by atoms with Crippen LogP contribution < -0.4 is 10.6 Å². The SMILES string of the molecule is CCCC1C(=O)NC(=O)N(CCNC(=O)N(C)C)C1=O. The minimum atomic E-state index is -0.817. The summed E-state index contributed by atoms with van der Waals surface area (Å²) in [6.45, 7) is 2.04. The average molecular weight is 284 g/mol. The van der Waals surface area contributed by atoms with Crippen molar-refractivity contribution in [2.45, 2.75) is 19.8 Å². The Bertz CT molecular complexity index is 422. The van der Waals surface area contributed by atoms with Crippen LogP contribution in [0, 0.1) is 5.92 Å². The molecule has 0 saturated carbocycles. The van der Waals surface area contributed by atoms with Crippen LogP contribution in [0.25, 0.3) is 0 Å². The van der Waals surface area contributed by atoms with E-state index in [2.05, 4.69) is 10.6 Å². The van der Waals surface area contributed by atoms with Gasteiger partial charge in [-0.05, 0) is 6.42 Å². The molecule has 2 N–H and O–H groups in total. The molecule has 1 atom stereocenters. The van der Waals surface area contributed by atoms with Crippen LogP contribution >= 0.6 is 0 Å². The van der Waals surface area contributed by atoms with Gasteiger partial charge in [0.05, 0.1) is 0 Å². The summed E-state index contributed by atoms with van der Waals surface area (Å²) in [6, 6.07) is -1.04. The molecule has 0 spiro atoms. The quantitative estimate of drug-likeness (QED) is 0.680. The van der Waals surface area contributed by atoms with Crippen molar-refractivity contribution in [1.82, 2.24) is 20.4 Å². The number of carbonyl (C=O) groups excluding carboxylic acids is 4. The molecule has 0 radical (unpaired) electrons. The molecule has 0 aromatic carbocycles. The molecule has 1 saturated heterocycles. The van der Waals surface area contributed by atoms with E-state index >= 15 is 0 Å². The molecule has 1 aliphatic heterocycles. The highest BCUT2D eigenvalue weighted by molar-refractivity contribution is 6.16. The first-order valence-corrected chi connectivity index (χ1v) is 6.49. The highest BCUT2D eigenvalue weighted by Gasteiger charge is 2.39. The minimum Gasteiger partial charge on any atom is -0.336 e. The lowest BCUT2D eigenvalue weighted by molar-refractivity contribution is -0.142. The van der Waals surface area contributed by atoms with Crippen molar-refractivity contribution in [3.63, 3.8) is 0 Å². The van der Waals surface area contributed by atoms with E-state index in [1.165, 1.54) is 4.90 Å². The molecule has 8 heteroatoms. The third-order valence-corrected chi connectivity index (χ3v) is 2.95. The van der Waals surface area contributed by atoms with Crippen LogP contribution in [-0.4, -0.2) is 60.9 Å². The maximum absolute atomic E-state index is 12.1. The molecular formula is C12H20N4O4. The van der Waals surface area contributed by atoms with E-state index in [-0.39, 0.29) is 19.1 Å². The minimum absolute atomic E-state index is 0.0394. The highest BCUT2D eigenvalue weighted by atomic mass is 16.2. The van der Waals surface area contributed by atoms with Crippen LogP contribution in [-0.2, 0) is 9.59 Å². The fourth-order valence-electron chi connectivity index (χ4n) is 1.85. The molecule has 1 unspecified atom stereocenters. The van der Waals surface area contributed by atoms with E-state index in [9.17, 15) is 19.2 Å². The molecule has 0 bridgehead atoms. The molecule has 1 rings (SSSR count). The van der Waals surface area contributed by atoms with Gasteiger partial charge >= 0.3 is 12.1 Å². The Balaban J connectivity index is 2.59. The van der Waals surface area contributed by atoms with Crippen LogP contribution in [0.15, 0.2) is 0 Å². The molecule has 112 valence electrons. The van der Waals surface area contributed by atoms with E-state index in [0.29, 0.717) is 12.8 Å². The van der Waals surface area contributed by atoms with Crippen LogP contribution in [0.5, 0.6) is 0 Å². The number of nitrogens with zero attached hydrogens (tertiary/aromatic N) is 2. The highest BCUT2D eigenvalue weighted by Crippen LogP contribution is 2.15. The molecule has 8 nitrogen and oxygen atoms in total. The lowest BCUT2D eigenvalue weighted by atomic mass is 9.99. The zero-order valence-electron chi connectivity index (χ0n) is 11.9. The molecule has 0 aromatic heterocycles. The second kappa shape index (κ2) is 6.88. The molecule has 6 amide bonds. The number of hydrogen-bond acceptors (Lipinski definition) is 4. The van der Waals surface area contributed by atoms with Gasteiger partial charge in [0.25, 0.3) is 0 Å². The van der Waals surface area contributed by atoms with E-state index in [1.54, 1.807) is 14.1 Å². The van der Waals surface area contributed by atoms with E-state index in [1.807, 2.05) is 6.92 Å². The largest absolute Gasteiger partial charge is 0.336 e. The standard InChI is InChI=1S/C12H20N4O4/c1-4-5-8-9(17)14-12(20)16(10(8)18)7-6-13-11(19)15(2)3/h8H,4-7H2,1-3H3,(H,13,19)(H,14,17,20). The van der Waals surface area contributed by atoms with Gasteiger partial charge in [-0.3, -0.25) is 19.8 Å². The summed E-state index contributed by atoms with van der Waals surface area (Å²) in [4.78, 5) is 48.9. The van der Waals surface area contributed by atoms with Crippen LogP contribution in [0.4, 0.5) is 9.59 Å². The van der Waals surface area contributed by atoms with Gasteiger partial charge in [-0.1, -0.05) is 13.3 Å². The lowest BCUT2D eigenvalue weighted by Crippen LogP contribution is -2.59. The van der Waals surface area contributed by atoms with Gasteiger partial charge in [0.15, 0.2) is 0 Å². The van der Waals surface area contributed by atoms with Crippen LogP contribution in [0.3, 0.4) is 0 Å². The second-order valence-electron chi connectivity index (χ2n) is 4.75. The van der Waals surface area contributed by atoms with Crippen molar-refractivity contribution < 1.29 is 19.2 Å². The van der Waals surface area contributed by atoms with Gasteiger partial charge in [-0.25, -0.2) is 9.59 Å². The first-order valence-electron chi connectivity index (χ1n) is 6.49. The average Bonchev–Trinajstić information content (AvgIpc) is 2.37. The molecule has 1 heterocycles. The number of barbiturate groups is 1. The number of rotatable bonds is 5. The number of urea groups is 2. The van der Waals surface area contributed by atoms with E-state index in [0.717, 1.165) is 4.90 Å². The number of hydrogen-bond donors (Lipinski definition) is 2. The first-order chi connectivity index (χ1) is 9.38. The lowest BCUT2D eigenvalue weighted by Gasteiger charge is -2.30. The maximum atomic E-state index is 12.1. The van der Waals surface area contributed by atoms with Gasteiger partial charge < -0.3 is 10.2 Å². The predicted molar refractivity (Wildman–Crippen MR) is 70.7 cm³/mol. The molecule has 0 aromatic rings. The summed E-state index contributed by atoms with van der Waals surface area (Å²) < 4.78 is 0. The summed E-state index contributed by atoms with van der Waals surface area (Å²) in [7, 11) is 3.17. The van der Waals surface area contributed by atoms with Crippen molar-refractivity contribution in [1.29, 1.82) is 0 Å². The molecule has 0 aliphatic carbocycles. The number of imide groups is 2. The predicted octanol–water partition coefficient (Wildman–Crippen LogP) is -0.248. The van der Waals surface area contributed by atoms with Gasteiger partial charge in [-0.2, -0.15) is 0 Å². The third-order valence-electron chi connectivity index (χ3n) is 2.95. The Morgan fingerprint density at radius 2 is 2.00 bits per heavy atom. The topological polar surface area (TPSA) is 98.8 Å². The number of amides is 6.